The van der Waals surface area contributed by atoms with E-state index in [1.54, 1.807) is 18.2 Å². The third-order valence-electron chi connectivity index (χ3n) is 2.66. The molecule has 4 heteroatoms. The lowest BCUT2D eigenvalue weighted by atomic mass is 10.2. The zero-order chi connectivity index (χ0) is 15.5. The van der Waals surface area contributed by atoms with E-state index in [2.05, 4.69) is 33.8 Å². The topological polar surface area (TPSA) is 50.7 Å². The number of hydrogen-bond acceptors (Lipinski definition) is 4. The van der Waals surface area contributed by atoms with Crippen molar-refractivity contribution in [2.45, 2.75) is 32.9 Å². The molecule has 0 aromatic heterocycles. The molecular weight excluding hydrogens is 264 g/mol. The van der Waals surface area contributed by atoms with Crippen LogP contribution in [0.15, 0.2) is 52.3 Å². The molecule has 21 heavy (non-hydrogen) atoms. The first-order chi connectivity index (χ1) is 10.1. The maximum absolute atomic E-state index is 10.8. The van der Waals surface area contributed by atoms with Gasteiger partial charge in [-0.15, -0.1) is 0 Å². The molecule has 0 amide bonds. The molecule has 0 spiro atoms. The van der Waals surface area contributed by atoms with Crippen molar-refractivity contribution in [2.75, 3.05) is 13.2 Å². The van der Waals surface area contributed by atoms with Crippen molar-refractivity contribution >= 4 is 0 Å². The second kappa shape index (κ2) is 9.58. The summed E-state index contributed by atoms with van der Waals surface area (Å²) in [5, 5.41) is 6.26. The Labute approximate surface area is 125 Å². The summed E-state index contributed by atoms with van der Waals surface area (Å²) in [5.41, 5.74) is 6.54. The molecule has 0 heterocycles. The van der Waals surface area contributed by atoms with Crippen LogP contribution in [0.2, 0.25) is 0 Å². The minimum atomic E-state index is -0.431. The van der Waals surface area contributed by atoms with Gasteiger partial charge in [0.2, 0.25) is 0 Å². The lowest BCUT2D eigenvalue weighted by Crippen LogP contribution is -2.33. The minimum Gasteiger partial charge on any atom is -0.490 e. The van der Waals surface area contributed by atoms with E-state index < -0.39 is 6.04 Å². The third kappa shape index (κ3) is 7.15. The minimum absolute atomic E-state index is 0.220. The van der Waals surface area contributed by atoms with E-state index >= 15 is 0 Å². The Kier molecular flexibility index (Phi) is 7.64. The highest BCUT2D eigenvalue weighted by Crippen LogP contribution is 2.12. The molecule has 1 atom stereocenters. The molecule has 0 aliphatic heterocycles. The molecule has 1 aliphatic rings. The predicted molar refractivity (Wildman–Crippen MR) is 84.5 cm³/mol. The maximum Gasteiger partial charge on any atom is 0.138 e. The van der Waals surface area contributed by atoms with Gasteiger partial charge in [0.15, 0.2) is 0 Å². The molecule has 0 saturated carbocycles. The summed E-state index contributed by atoms with van der Waals surface area (Å²) in [4.78, 5) is 10.8. The molecule has 1 N–H and O–H groups in total. The molecule has 1 unspecified atom stereocenters. The number of allylic oxidation sites excluding steroid dienone is 5. The lowest BCUT2D eigenvalue weighted by Gasteiger charge is -2.15. The van der Waals surface area contributed by atoms with Gasteiger partial charge < -0.3 is 10.1 Å². The number of nitrogens with zero attached hydrogens (tertiary/aromatic N) is 1. The molecule has 0 radical (unpaired) electrons. The van der Waals surface area contributed by atoms with Gasteiger partial charge in [0.1, 0.15) is 18.4 Å². The first-order valence-electron chi connectivity index (χ1n) is 6.86. The average Bonchev–Trinajstić information content (AvgIpc) is 2.47. The normalized spacial score (nSPS) is 14.9. The molecule has 110 valence electrons. The van der Waals surface area contributed by atoms with Crippen molar-refractivity contribution in [2.24, 2.45) is 5.18 Å². The van der Waals surface area contributed by atoms with Gasteiger partial charge in [0, 0.05) is 24.7 Å². The second-order valence-electron chi connectivity index (χ2n) is 4.88. The fourth-order valence-electron chi connectivity index (χ4n) is 1.48. The largest absolute Gasteiger partial charge is 0.490 e. The Bertz CT molecular complexity index is 576. The van der Waals surface area contributed by atoms with Gasteiger partial charge in [-0.2, -0.15) is 4.91 Å². The van der Waals surface area contributed by atoms with Crippen LogP contribution in [0.3, 0.4) is 0 Å². The van der Waals surface area contributed by atoms with E-state index in [1.807, 2.05) is 26.8 Å². The highest BCUT2D eigenvalue weighted by molar-refractivity contribution is 5.35. The highest BCUT2D eigenvalue weighted by atomic mass is 16.5. The lowest BCUT2D eigenvalue weighted by molar-refractivity contribution is 0.198. The monoisotopic (exact) mass is 284 g/mol. The Balaban J connectivity index is 2.69. The van der Waals surface area contributed by atoms with Crippen LogP contribution in [0.25, 0.3) is 0 Å². The third-order valence-corrected chi connectivity index (χ3v) is 2.66. The quantitative estimate of drug-likeness (QED) is 0.444. The number of nitrogens with one attached hydrogen (secondary N) is 1. The van der Waals surface area contributed by atoms with E-state index in [9.17, 15) is 4.91 Å². The molecule has 1 aliphatic carbocycles. The Morgan fingerprint density at radius 2 is 2.14 bits per heavy atom. The van der Waals surface area contributed by atoms with E-state index in [0.717, 1.165) is 5.57 Å². The van der Waals surface area contributed by atoms with Gasteiger partial charge in [-0.05, 0) is 24.6 Å². The van der Waals surface area contributed by atoms with Crippen molar-refractivity contribution in [3.8, 4) is 11.8 Å². The van der Waals surface area contributed by atoms with E-state index in [0.29, 0.717) is 18.3 Å². The van der Waals surface area contributed by atoms with Gasteiger partial charge >= 0.3 is 0 Å². The summed E-state index contributed by atoms with van der Waals surface area (Å²) in [7, 11) is 0. The first kappa shape index (κ1) is 16.8. The summed E-state index contributed by atoms with van der Waals surface area (Å²) < 4.78 is 5.69. The molecular formula is C17H20N2O2. The molecule has 0 aromatic carbocycles. The number of ether oxygens (including phenoxy) is 1. The van der Waals surface area contributed by atoms with Crippen molar-refractivity contribution in [1.29, 1.82) is 0 Å². The van der Waals surface area contributed by atoms with Gasteiger partial charge in [-0.25, -0.2) is 0 Å². The summed E-state index contributed by atoms with van der Waals surface area (Å²) in [6.07, 6.45) is 6.86. The average molecular weight is 284 g/mol. The fourth-order valence-corrected chi connectivity index (χ4v) is 1.48. The van der Waals surface area contributed by atoms with Crippen LogP contribution in [0.4, 0.5) is 0 Å². The molecule has 1 rings (SSSR count). The smallest absolute Gasteiger partial charge is 0.138 e. The van der Waals surface area contributed by atoms with Crippen molar-refractivity contribution in [1.82, 2.24) is 5.32 Å². The maximum atomic E-state index is 10.8. The van der Waals surface area contributed by atoms with Crippen LogP contribution < -0.4 is 5.32 Å². The van der Waals surface area contributed by atoms with E-state index in [4.69, 9.17) is 4.74 Å². The van der Waals surface area contributed by atoms with Crippen LogP contribution in [-0.2, 0) is 4.74 Å². The predicted octanol–water partition coefficient (Wildman–Crippen LogP) is 2.85. The Hall–Kier alpha value is -2.30. The summed E-state index contributed by atoms with van der Waals surface area (Å²) in [6, 6.07) is -0.127. The SMILES string of the molecule is CC1=CC=C=C=CC#CC=C1OCC(CNC(C)C)N=O. The molecule has 4 nitrogen and oxygen atoms in total. The van der Waals surface area contributed by atoms with Crippen molar-refractivity contribution in [3.05, 3.63) is 52.0 Å². The Morgan fingerprint density at radius 1 is 1.33 bits per heavy atom. The summed E-state index contributed by atoms with van der Waals surface area (Å²) >= 11 is 0. The molecule has 0 bridgehead atoms. The van der Waals surface area contributed by atoms with Crippen molar-refractivity contribution in [3.63, 3.8) is 0 Å². The van der Waals surface area contributed by atoms with Crippen LogP contribution in [0, 0.1) is 16.7 Å². The second-order valence-corrected chi connectivity index (χ2v) is 4.88. The molecule has 0 saturated heterocycles. The molecule has 0 fully saturated rings. The molecule has 0 aromatic rings. The highest BCUT2D eigenvalue weighted by Gasteiger charge is 2.11. The van der Waals surface area contributed by atoms with Crippen LogP contribution in [0.1, 0.15) is 20.8 Å². The van der Waals surface area contributed by atoms with Crippen LogP contribution >= 0.6 is 0 Å². The number of rotatable bonds is 7. The van der Waals surface area contributed by atoms with Crippen LogP contribution in [0.5, 0.6) is 0 Å². The number of nitroso groups, excluding NO2 is 1. The van der Waals surface area contributed by atoms with Gasteiger partial charge in [-0.1, -0.05) is 42.3 Å². The fraction of sp³-hybridized carbons (Fsp3) is 0.412. The number of hydrogen-bond donors (Lipinski definition) is 1. The standard InChI is InChI=1S/C17H20N2O2/c1-14(2)18-12-16(19-20)13-21-17-11-9-7-5-4-6-8-10-15(17)3/h5,8,10-11,14,16,18H,12-13H2,1-3H3. The van der Waals surface area contributed by atoms with Gasteiger partial charge in [0.05, 0.1) is 0 Å². The summed E-state index contributed by atoms with van der Waals surface area (Å²) in [6.45, 7) is 6.66. The van der Waals surface area contributed by atoms with Crippen LogP contribution in [-0.4, -0.2) is 25.2 Å². The first-order valence-corrected chi connectivity index (χ1v) is 6.86. The van der Waals surface area contributed by atoms with E-state index in [-0.39, 0.29) is 6.61 Å². The van der Waals surface area contributed by atoms with E-state index in [1.165, 1.54) is 0 Å². The van der Waals surface area contributed by atoms with Gasteiger partial charge in [0.25, 0.3) is 0 Å². The van der Waals surface area contributed by atoms with Gasteiger partial charge in [-0.3, -0.25) is 0 Å². The Morgan fingerprint density at radius 3 is 2.86 bits per heavy atom. The zero-order valence-electron chi connectivity index (χ0n) is 12.6. The zero-order valence-corrected chi connectivity index (χ0v) is 12.6. The summed E-state index contributed by atoms with van der Waals surface area (Å²) in [5.74, 6) is 6.28. The van der Waals surface area contributed by atoms with Crippen molar-refractivity contribution < 1.29 is 4.74 Å².